The summed E-state index contributed by atoms with van der Waals surface area (Å²) in [4.78, 5) is 0.751. The summed E-state index contributed by atoms with van der Waals surface area (Å²) >= 11 is 1.46. The number of benzene rings is 2. The highest BCUT2D eigenvalue weighted by atomic mass is 32.1. The van der Waals surface area contributed by atoms with Gasteiger partial charge in [-0.2, -0.15) is 4.52 Å². The minimum Gasteiger partial charge on any atom is -0.497 e. The molecule has 0 aliphatic heterocycles. The van der Waals surface area contributed by atoms with Crippen molar-refractivity contribution in [2.24, 2.45) is 0 Å². The predicted octanol–water partition coefficient (Wildman–Crippen LogP) is 3.91. The van der Waals surface area contributed by atoms with E-state index in [4.69, 9.17) is 4.74 Å². The van der Waals surface area contributed by atoms with Gasteiger partial charge in [0.2, 0.25) is 10.1 Å². The lowest BCUT2D eigenvalue weighted by Crippen LogP contribution is -1.94. The van der Waals surface area contributed by atoms with Gasteiger partial charge in [0.15, 0.2) is 5.82 Å². The maximum atomic E-state index is 5.16. The van der Waals surface area contributed by atoms with E-state index in [9.17, 15) is 0 Å². The molecule has 0 unspecified atom stereocenters. The van der Waals surface area contributed by atoms with E-state index in [0.717, 1.165) is 32.9 Å². The van der Waals surface area contributed by atoms with Gasteiger partial charge in [0.1, 0.15) is 5.75 Å². The van der Waals surface area contributed by atoms with Crippen LogP contribution < -0.4 is 10.1 Å². The zero-order chi connectivity index (χ0) is 16.5. The summed E-state index contributed by atoms with van der Waals surface area (Å²) in [5.74, 6) is 1.56. The van der Waals surface area contributed by atoms with Crippen LogP contribution in [0.2, 0.25) is 0 Å². The molecule has 0 bridgehead atoms. The fraction of sp³-hybridized carbons (Fsp3) is 0.118. The van der Waals surface area contributed by atoms with E-state index in [2.05, 4.69) is 39.7 Å². The van der Waals surface area contributed by atoms with E-state index in [1.807, 2.05) is 36.4 Å². The number of methoxy groups -OCH3 is 1. The van der Waals surface area contributed by atoms with Gasteiger partial charge in [0, 0.05) is 11.3 Å². The second-order valence-electron chi connectivity index (χ2n) is 5.34. The molecule has 0 radical (unpaired) electrons. The van der Waals surface area contributed by atoms with Gasteiger partial charge in [-0.25, -0.2) is 0 Å². The molecule has 2 heterocycles. The third kappa shape index (κ3) is 2.69. The fourth-order valence-electron chi connectivity index (χ4n) is 2.35. The average Bonchev–Trinajstić information content (AvgIpc) is 3.16. The number of nitrogens with one attached hydrogen (secondary N) is 1. The topological polar surface area (TPSA) is 64.3 Å². The second kappa shape index (κ2) is 5.93. The molecule has 6 nitrogen and oxygen atoms in total. The minimum absolute atomic E-state index is 0.740. The van der Waals surface area contributed by atoms with Crippen LogP contribution in [0.15, 0.2) is 48.5 Å². The second-order valence-corrected chi connectivity index (χ2v) is 6.30. The van der Waals surface area contributed by atoms with Crippen molar-refractivity contribution in [1.29, 1.82) is 0 Å². The molecule has 0 fully saturated rings. The normalized spacial score (nSPS) is 10.9. The maximum Gasteiger partial charge on any atom is 0.236 e. The van der Waals surface area contributed by atoms with Crippen molar-refractivity contribution >= 4 is 27.1 Å². The summed E-state index contributed by atoms with van der Waals surface area (Å²) in [6.07, 6.45) is 0. The van der Waals surface area contributed by atoms with Gasteiger partial charge in [-0.05, 0) is 31.2 Å². The van der Waals surface area contributed by atoms with Crippen LogP contribution in [0.25, 0.3) is 16.3 Å². The highest BCUT2D eigenvalue weighted by Gasteiger charge is 2.13. The van der Waals surface area contributed by atoms with Crippen LogP contribution in [-0.4, -0.2) is 26.9 Å². The molecule has 2 aromatic carbocycles. The minimum atomic E-state index is 0.740. The number of aromatic nitrogens is 4. The van der Waals surface area contributed by atoms with Gasteiger partial charge in [-0.15, -0.1) is 15.3 Å². The van der Waals surface area contributed by atoms with Crippen LogP contribution >= 0.6 is 11.3 Å². The molecule has 0 atom stereocenters. The van der Waals surface area contributed by atoms with E-state index in [1.54, 1.807) is 11.6 Å². The molecule has 4 rings (SSSR count). The van der Waals surface area contributed by atoms with E-state index >= 15 is 0 Å². The first kappa shape index (κ1) is 14.6. The van der Waals surface area contributed by atoms with Gasteiger partial charge in [-0.1, -0.05) is 41.2 Å². The van der Waals surface area contributed by atoms with Crippen molar-refractivity contribution < 1.29 is 4.74 Å². The summed E-state index contributed by atoms with van der Waals surface area (Å²) in [5.41, 5.74) is 3.15. The Morgan fingerprint density at radius 3 is 2.46 bits per heavy atom. The van der Waals surface area contributed by atoms with Crippen LogP contribution in [0.4, 0.5) is 10.8 Å². The third-order valence-electron chi connectivity index (χ3n) is 3.64. The molecule has 0 saturated carbocycles. The molecular formula is C17H15N5OS. The first-order valence-corrected chi connectivity index (χ1v) is 8.25. The number of aryl methyl sites for hydroxylation is 1. The van der Waals surface area contributed by atoms with Crippen molar-refractivity contribution in [2.45, 2.75) is 6.92 Å². The summed E-state index contributed by atoms with van der Waals surface area (Å²) in [5, 5.41) is 17.1. The predicted molar refractivity (Wildman–Crippen MR) is 95.1 cm³/mol. The Balaban J connectivity index is 1.64. The standard InChI is InChI=1S/C17H15N5OS/c1-11-3-5-12(6-4-11)15-19-20-17-22(15)21-16(24-17)18-13-7-9-14(23-2)10-8-13/h3-10H,1-2H3,(H,18,21). The number of nitrogens with zero attached hydrogens (tertiary/aromatic N) is 4. The molecule has 120 valence electrons. The molecule has 0 aliphatic carbocycles. The molecule has 4 aromatic rings. The lowest BCUT2D eigenvalue weighted by Gasteiger charge is -2.03. The maximum absolute atomic E-state index is 5.16. The number of ether oxygens (including phenoxy) is 1. The molecule has 0 saturated heterocycles. The highest BCUT2D eigenvalue weighted by molar-refractivity contribution is 7.20. The summed E-state index contributed by atoms with van der Waals surface area (Å²) in [6.45, 7) is 2.06. The molecule has 2 aromatic heterocycles. The van der Waals surface area contributed by atoms with E-state index in [-0.39, 0.29) is 0 Å². The molecule has 0 aliphatic rings. The summed E-state index contributed by atoms with van der Waals surface area (Å²) < 4.78 is 6.93. The van der Waals surface area contributed by atoms with E-state index < -0.39 is 0 Å². The van der Waals surface area contributed by atoms with Crippen LogP contribution in [0.3, 0.4) is 0 Å². The Bertz CT molecular complexity index is 973. The van der Waals surface area contributed by atoms with Gasteiger partial charge >= 0.3 is 0 Å². The average molecular weight is 337 g/mol. The third-order valence-corrected chi connectivity index (χ3v) is 4.46. The molecule has 0 amide bonds. The number of hydrogen-bond donors (Lipinski definition) is 1. The molecular weight excluding hydrogens is 322 g/mol. The van der Waals surface area contributed by atoms with Crippen LogP contribution in [0, 0.1) is 6.92 Å². The molecule has 24 heavy (non-hydrogen) atoms. The number of anilines is 2. The Labute approximate surface area is 142 Å². The van der Waals surface area contributed by atoms with Crippen molar-refractivity contribution in [2.75, 3.05) is 12.4 Å². The summed E-state index contributed by atoms with van der Waals surface area (Å²) in [6, 6.07) is 15.9. The lowest BCUT2D eigenvalue weighted by molar-refractivity contribution is 0.415. The van der Waals surface area contributed by atoms with Crippen LogP contribution in [0.1, 0.15) is 5.56 Å². The Kier molecular flexibility index (Phi) is 3.62. The van der Waals surface area contributed by atoms with Crippen LogP contribution in [0.5, 0.6) is 5.75 Å². The van der Waals surface area contributed by atoms with Gasteiger partial charge in [0.05, 0.1) is 7.11 Å². The molecule has 7 heteroatoms. The quantitative estimate of drug-likeness (QED) is 0.611. The van der Waals surface area contributed by atoms with Crippen molar-refractivity contribution in [1.82, 2.24) is 19.8 Å². The van der Waals surface area contributed by atoms with E-state index in [0.29, 0.717) is 0 Å². The Morgan fingerprint density at radius 1 is 1.00 bits per heavy atom. The Morgan fingerprint density at radius 2 is 1.75 bits per heavy atom. The van der Waals surface area contributed by atoms with Gasteiger partial charge in [-0.3, -0.25) is 0 Å². The highest BCUT2D eigenvalue weighted by Crippen LogP contribution is 2.27. The Hall–Kier alpha value is -2.93. The summed E-state index contributed by atoms with van der Waals surface area (Å²) in [7, 11) is 1.65. The van der Waals surface area contributed by atoms with Crippen molar-refractivity contribution in [3.8, 4) is 17.1 Å². The van der Waals surface area contributed by atoms with E-state index in [1.165, 1.54) is 16.9 Å². The van der Waals surface area contributed by atoms with Gasteiger partial charge < -0.3 is 10.1 Å². The first-order valence-electron chi connectivity index (χ1n) is 7.43. The number of rotatable bonds is 4. The molecule has 0 spiro atoms. The zero-order valence-corrected chi connectivity index (χ0v) is 14.0. The van der Waals surface area contributed by atoms with Crippen molar-refractivity contribution in [3.05, 3.63) is 54.1 Å². The first-order chi connectivity index (χ1) is 11.7. The zero-order valence-electron chi connectivity index (χ0n) is 13.2. The lowest BCUT2D eigenvalue weighted by atomic mass is 10.1. The fourth-order valence-corrected chi connectivity index (χ4v) is 3.11. The van der Waals surface area contributed by atoms with Gasteiger partial charge in [0.25, 0.3) is 0 Å². The smallest absolute Gasteiger partial charge is 0.236 e. The SMILES string of the molecule is COc1ccc(Nc2nn3c(-c4ccc(C)cc4)nnc3s2)cc1. The monoisotopic (exact) mass is 337 g/mol. The molecule has 1 N–H and O–H groups in total. The number of fused-ring (bicyclic) bond motifs is 1. The van der Waals surface area contributed by atoms with Crippen molar-refractivity contribution in [3.63, 3.8) is 0 Å². The number of hydrogen-bond acceptors (Lipinski definition) is 6. The largest absolute Gasteiger partial charge is 0.497 e. The van der Waals surface area contributed by atoms with Crippen LogP contribution in [-0.2, 0) is 0 Å².